The average Bonchev–Trinajstić information content (AvgIpc) is 2.53. The summed E-state index contributed by atoms with van der Waals surface area (Å²) in [7, 11) is 3.05. The van der Waals surface area contributed by atoms with Gasteiger partial charge >= 0.3 is 5.97 Å². The molecule has 1 heterocycles. The molecular weight excluding hydrogens is 216 g/mol. The van der Waals surface area contributed by atoms with Crippen LogP contribution in [0.15, 0.2) is 0 Å². The summed E-state index contributed by atoms with van der Waals surface area (Å²) in [6.07, 6.45) is 0.898. The summed E-state index contributed by atoms with van der Waals surface area (Å²) in [4.78, 5) is 11.5. The van der Waals surface area contributed by atoms with E-state index in [0.717, 1.165) is 12.0 Å². The van der Waals surface area contributed by atoms with Crippen LogP contribution in [0.1, 0.15) is 42.2 Å². The van der Waals surface area contributed by atoms with E-state index in [1.807, 2.05) is 13.8 Å². The lowest BCUT2D eigenvalue weighted by atomic mass is 9.99. The fourth-order valence-electron chi connectivity index (χ4n) is 1.41. The molecule has 0 radical (unpaired) electrons. The molecule has 1 rings (SSSR count). The van der Waals surface area contributed by atoms with Crippen LogP contribution in [-0.2, 0) is 11.8 Å². The number of esters is 1. The summed E-state index contributed by atoms with van der Waals surface area (Å²) in [6, 6.07) is 0. The van der Waals surface area contributed by atoms with Gasteiger partial charge in [0.15, 0.2) is 5.69 Å². The minimum atomic E-state index is -0.437. The van der Waals surface area contributed by atoms with Crippen LogP contribution < -0.4 is 0 Å². The standard InChI is InChI=1S/C10H15ClN2O2/c1-5-6(2)7-8(10(14)15-4)12-13(3)9(7)11/h6H,5H2,1-4H3/t6-/m1/s1. The van der Waals surface area contributed by atoms with Crippen molar-refractivity contribution in [3.63, 3.8) is 0 Å². The Kier molecular flexibility index (Phi) is 3.74. The number of aryl methyl sites for hydroxylation is 1. The van der Waals surface area contributed by atoms with Gasteiger partial charge in [-0.3, -0.25) is 4.68 Å². The van der Waals surface area contributed by atoms with Gasteiger partial charge in [-0.15, -0.1) is 0 Å². The van der Waals surface area contributed by atoms with Gasteiger partial charge in [0.2, 0.25) is 0 Å². The third kappa shape index (κ3) is 2.15. The fourth-order valence-corrected chi connectivity index (χ4v) is 1.72. The summed E-state index contributed by atoms with van der Waals surface area (Å²) < 4.78 is 6.16. The zero-order chi connectivity index (χ0) is 11.6. The van der Waals surface area contributed by atoms with Crippen LogP contribution in [0.3, 0.4) is 0 Å². The molecule has 4 nitrogen and oxygen atoms in total. The number of nitrogens with zero attached hydrogens (tertiary/aromatic N) is 2. The quantitative estimate of drug-likeness (QED) is 0.749. The lowest BCUT2D eigenvalue weighted by Crippen LogP contribution is -2.07. The van der Waals surface area contributed by atoms with Crippen molar-refractivity contribution in [1.82, 2.24) is 9.78 Å². The highest BCUT2D eigenvalue weighted by molar-refractivity contribution is 6.30. The molecule has 15 heavy (non-hydrogen) atoms. The first-order chi connectivity index (χ1) is 7.02. The summed E-state index contributed by atoms with van der Waals surface area (Å²) in [6.45, 7) is 4.05. The zero-order valence-electron chi connectivity index (χ0n) is 9.37. The average molecular weight is 231 g/mol. The third-order valence-electron chi connectivity index (χ3n) is 2.50. The smallest absolute Gasteiger partial charge is 0.358 e. The van der Waals surface area contributed by atoms with E-state index in [1.54, 1.807) is 7.05 Å². The molecule has 84 valence electrons. The Hall–Kier alpha value is -1.03. The molecule has 1 atom stereocenters. The van der Waals surface area contributed by atoms with Gasteiger partial charge in [0.05, 0.1) is 7.11 Å². The number of hydrogen-bond donors (Lipinski definition) is 0. The minimum Gasteiger partial charge on any atom is -0.464 e. The van der Waals surface area contributed by atoms with Crippen molar-refractivity contribution < 1.29 is 9.53 Å². The van der Waals surface area contributed by atoms with Crippen LogP contribution >= 0.6 is 11.6 Å². The van der Waals surface area contributed by atoms with Gasteiger partial charge in [-0.1, -0.05) is 25.4 Å². The Balaban J connectivity index is 3.26. The molecule has 0 saturated heterocycles. The maximum absolute atomic E-state index is 11.5. The number of aromatic nitrogens is 2. The van der Waals surface area contributed by atoms with Crippen LogP contribution in [0, 0.1) is 0 Å². The van der Waals surface area contributed by atoms with Crippen molar-refractivity contribution in [2.24, 2.45) is 7.05 Å². The Morgan fingerprint density at radius 3 is 2.73 bits per heavy atom. The first-order valence-corrected chi connectivity index (χ1v) is 5.21. The Labute approximate surface area is 94.2 Å². The molecular formula is C10H15ClN2O2. The van der Waals surface area contributed by atoms with Gasteiger partial charge in [0.25, 0.3) is 0 Å². The van der Waals surface area contributed by atoms with Crippen molar-refractivity contribution in [3.05, 3.63) is 16.4 Å². The van der Waals surface area contributed by atoms with Crippen molar-refractivity contribution in [2.75, 3.05) is 7.11 Å². The number of ether oxygens (including phenoxy) is 1. The van der Waals surface area contributed by atoms with Gasteiger partial charge in [-0.05, 0) is 12.3 Å². The lowest BCUT2D eigenvalue weighted by molar-refractivity contribution is 0.0591. The van der Waals surface area contributed by atoms with Crippen molar-refractivity contribution >= 4 is 17.6 Å². The summed E-state index contributed by atoms with van der Waals surface area (Å²) in [5.41, 5.74) is 1.09. The predicted molar refractivity (Wildman–Crippen MR) is 58.3 cm³/mol. The minimum absolute atomic E-state index is 0.195. The van der Waals surface area contributed by atoms with Crippen molar-refractivity contribution in [3.8, 4) is 0 Å². The highest BCUT2D eigenvalue weighted by Gasteiger charge is 2.24. The highest BCUT2D eigenvalue weighted by Crippen LogP contribution is 2.29. The molecule has 5 heteroatoms. The van der Waals surface area contributed by atoms with Crippen molar-refractivity contribution in [1.29, 1.82) is 0 Å². The molecule has 0 spiro atoms. The van der Waals surface area contributed by atoms with Crippen LogP contribution in [0.5, 0.6) is 0 Å². The predicted octanol–water partition coefficient (Wildman–Crippen LogP) is 2.37. The molecule has 0 aliphatic rings. The second kappa shape index (κ2) is 4.66. The van der Waals surface area contributed by atoms with E-state index < -0.39 is 5.97 Å². The second-order valence-electron chi connectivity index (χ2n) is 3.48. The number of carbonyl (C=O) groups excluding carboxylic acids is 1. The molecule has 0 aliphatic heterocycles. The Morgan fingerprint density at radius 2 is 2.27 bits per heavy atom. The van der Waals surface area contributed by atoms with E-state index >= 15 is 0 Å². The van der Waals surface area contributed by atoms with E-state index in [2.05, 4.69) is 9.84 Å². The van der Waals surface area contributed by atoms with Crippen LogP contribution in [0.4, 0.5) is 0 Å². The van der Waals surface area contributed by atoms with E-state index in [4.69, 9.17) is 11.6 Å². The summed E-state index contributed by atoms with van der Waals surface area (Å²) in [5, 5.41) is 4.56. The van der Waals surface area contributed by atoms with Crippen molar-refractivity contribution in [2.45, 2.75) is 26.2 Å². The van der Waals surface area contributed by atoms with E-state index in [1.165, 1.54) is 11.8 Å². The monoisotopic (exact) mass is 230 g/mol. The molecule has 0 aromatic carbocycles. The first-order valence-electron chi connectivity index (χ1n) is 4.83. The lowest BCUT2D eigenvalue weighted by Gasteiger charge is -2.08. The highest BCUT2D eigenvalue weighted by atomic mass is 35.5. The molecule has 0 aliphatic carbocycles. The zero-order valence-corrected chi connectivity index (χ0v) is 10.1. The SMILES string of the molecule is CC[C@@H](C)c1c(C(=O)OC)nn(C)c1Cl. The number of hydrogen-bond acceptors (Lipinski definition) is 3. The van der Waals surface area contributed by atoms with Crippen LogP contribution in [0.25, 0.3) is 0 Å². The van der Waals surface area contributed by atoms with Gasteiger partial charge in [-0.2, -0.15) is 5.10 Å². The summed E-state index contributed by atoms with van der Waals surface area (Å²) in [5.74, 6) is -0.242. The Morgan fingerprint density at radius 1 is 1.67 bits per heavy atom. The molecule has 1 aromatic heterocycles. The van der Waals surface area contributed by atoms with Gasteiger partial charge in [0.1, 0.15) is 5.15 Å². The third-order valence-corrected chi connectivity index (χ3v) is 2.94. The maximum Gasteiger partial charge on any atom is 0.358 e. The molecule has 0 bridgehead atoms. The largest absolute Gasteiger partial charge is 0.464 e. The van der Waals surface area contributed by atoms with E-state index in [-0.39, 0.29) is 5.92 Å². The first kappa shape index (κ1) is 12.0. The second-order valence-corrected chi connectivity index (χ2v) is 3.84. The van der Waals surface area contributed by atoms with E-state index in [0.29, 0.717) is 10.8 Å². The van der Waals surface area contributed by atoms with Gasteiger partial charge < -0.3 is 4.74 Å². The summed E-state index contributed by atoms with van der Waals surface area (Å²) >= 11 is 6.08. The fraction of sp³-hybridized carbons (Fsp3) is 0.600. The van der Waals surface area contributed by atoms with Crippen LogP contribution in [0.2, 0.25) is 5.15 Å². The molecule has 0 fully saturated rings. The number of carbonyl (C=O) groups is 1. The van der Waals surface area contributed by atoms with Gasteiger partial charge in [-0.25, -0.2) is 4.79 Å². The number of rotatable bonds is 3. The molecule has 0 unspecified atom stereocenters. The molecule has 1 aromatic rings. The topological polar surface area (TPSA) is 44.1 Å². The number of methoxy groups -OCH3 is 1. The molecule has 0 amide bonds. The normalized spacial score (nSPS) is 12.6. The number of halogens is 1. The van der Waals surface area contributed by atoms with Crippen LogP contribution in [-0.4, -0.2) is 22.9 Å². The molecule has 0 saturated carbocycles. The van der Waals surface area contributed by atoms with Gasteiger partial charge in [0, 0.05) is 12.6 Å². The van der Waals surface area contributed by atoms with E-state index in [9.17, 15) is 4.79 Å². The maximum atomic E-state index is 11.5. The Bertz CT molecular complexity index is 374. The molecule has 0 N–H and O–H groups in total.